The fraction of sp³-hybridized carbons (Fsp3) is 0.400. The van der Waals surface area contributed by atoms with Crippen molar-refractivity contribution in [3.05, 3.63) is 54.1 Å². The van der Waals surface area contributed by atoms with Crippen LogP contribution in [-0.4, -0.2) is 51.2 Å². The van der Waals surface area contributed by atoms with E-state index in [1.54, 1.807) is 10.7 Å². The van der Waals surface area contributed by atoms with Gasteiger partial charge >= 0.3 is 0 Å². The molecule has 2 aliphatic heterocycles. The summed E-state index contributed by atoms with van der Waals surface area (Å²) in [6.07, 6.45) is 7.68. The zero-order chi connectivity index (χ0) is 19.5. The SMILES string of the molecule is CCn1cc(CN2C[C@@H]3[C@@H](C2)c2cc(-c4cnn(C)c4)ccc2S3(=O)=O)cn1. The monoisotopic (exact) mass is 397 g/mol. The molecule has 0 amide bonds. The number of rotatable bonds is 4. The fourth-order valence-electron chi connectivity index (χ4n) is 4.52. The number of aromatic nitrogens is 4. The Kier molecular flexibility index (Phi) is 3.96. The smallest absolute Gasteiger partial charge is 0.183 e. The lowest BCUT2D eigenvalue weighted by atomic mass is 9.95. The van der Waals surface area contributed by atoms with E-state index >= 15 is 0 Å². The summed E-state index contributed by atoms with van der Waals surface area (Å²) in [6.45, 7) is 4.95. The van der Waals surface area contributed by atoms with Crippen molar-refractivity contribution in [1.29, 1.82) is 0 Å². The lowest BCUT2D eigenvalue weighted by molar-refractivity contribution is 0.325. The molecule has 1 aromatic carbocycles. The number of likely N-dealkylation sites (tertiary alicyclic amines) is 1. The first-order valence-electron chi connectivity index (χ1n) is 9.56. The summed E-state index contributed by atoms with van der Waals surface area (Å²) in [5, 5.41) is 8.20. The Balaban J connectivity index is 1.45. The van der Waals surface area contributed by atoms with Crippen LogP contribution >= 0.6 is 0 Å². The van der Waals surface area contributed by atoms with Gasteiger partial charge in [0.15, 0.2) is 9.84 Å². The van der Waals surface area contributed by atoms with E-state index in [1.165, 1.54) is 0 Å². The standard InChI is InChI=1S/C20H23N5O2S/c1-3-25-10-14(7-22-25)9-24-12-18-17-6-15(16-8-21-23(2)11-16)4-5-19(17)28(26,27)20(18)13-24/h4-8,10-11,18,20H,3,9,12-13H2,1-2H3/t18-,20+/m0/s1. The third-order valence-corrected chi connectivity index (χ3v) is 8.17. The van der Waals surface area contributed by atoms with Crippen LogP contribution in [0.2, 0.25) is 0 Å². The minimum atomic E-state index is -3.28. The molecule has 0 radical (unpaired) electrons. The average Bonchev–Trinajstić information content (AvgIpc) is 3.43. The third-order valence-electron chi connectivity index (χ3n) is 5.91. The normalized spacial score (nSPS) is 23.1. The summed E-state index contributed by atoms with van der Waals surface area (Å²) in [7, 11) is -1.40. The number of sulfone groups is 1. The van der Waals surface area contributed by atoms with Crippen molar-refractivity contribution in [2.75, 3.05) is 13.1 Å². The molecule has 4 heterocycles. The van der Waals surface area contributed by atoms with Crippen LogP contribution in [0.15, 0.2) is 47.9 Å². The zero-order valence-corrected chi connectivity index (χ0v) is 16.8. The van der Waals surface area contributed by atoms with E-state index in [2.05, 4.69) is 22.0 Å². The Morgan fingerprint density at radius 1 is 1.11 bits per heavy atom. The molecule has 2 atom stereocenters. The quantitative estimate of drug-likeness (QED) is 0.674. The van der Waals surface area contributed by atoms with Gasteiger partial charge in [0.1, 0.15) is 0 Å². The van der Waals surface area contributed by atoms with Crippen molar-refractivity contribution in [3.8, 4) is 11.1 Å². The van der Waals surface area contributed by atoms with Gasteiger partial charge in [0.2, 0.25) is 0 Å². The third kappa shape index (κ3) is 2.70. The summed E-state index contributed by atoms with van der Waals surface area (Å²) in [4.78, 5) is 2.75. The Morgan fingerprint density at radius 2 is 1.96 bits per heavy atom. The maximum absolute atomic E-state index is 13.1. The minimum Gasteiger partial charge on any atom is -0.297 e. The van der Waals surface area contributed by atoms with Crippen molar-refractivity contribution >= 4 is 9.84 Å². The van der Waals surface area contributed by atoms with Crippen molar-refractivity contribution in [2.45, 2.75) is 36.1 Å². The van der Waals surface area contributed by atoms with Gasteiger partial charge in [-0.05, 0) is 30.2 Å². The molecule has 0 bridgehead atoms. The molecule has 0 aliphatic carbocycles. The minimum absolute atomic E-state index is 0.0258. The van der Waals surface area contributed by atoms with Crippen LogP contribution < -0.4 is 0 Å². The molecular weight excluding hydrogens is 374 g/mol. The Bertz CT molecular complexity index is 1150. The highest BCUT2D eigenvalue weighted by atomic mass is 32.2. The number of fused-ring (bicyclic) bond motifs is 3. The lowest BCUT2D eigenvalue weighted by Crippen LogP contribution is -2.25. The predicted octanol–water partition coefficient (Wildman–Crippen LogP) is 2.06. The maximum atomic E-state index is 13.1. The van der Waals surface area contributed by atoms with Crippen LogP contribution in [0.3, 0.4) is 0 Å². The second-order valence-corrected chi connectivity index (χ2v) is 9.88. The molecule has 28 heavy (non-hydrogen) atoms. The van der Waals surface area contributed by atoms with Gasteiger partial charge < -0.3 is 0 Å². The van der Waals surface area contributed by atoms with Crippen LogP contribution in [0.4, 0.5) is 0 Å². The van der Waals surface area contributed by atoms with Crippen LogP contribution in [0.5, 0.6) is 0 Å². The first-order chi connectivity index (χ1) is 13.5. The van der Waals surface area contributed by atoms with Gasteiger partial charge in [-0.2, -0.15) is 10.2 Å². The highest BCUT2D eigenvalue weighted by molar-refractivity contribution is 7.92. The average molecular weight is 398 g/mol. The summed E-state index contributed by atoms with van der Waals surface area (Å²) in [5.74, 6) is 0.0258. The van der Waals surface area contributed by atoms with Gasteiger partial charge in [-0.3, -0.25) is 14.3 Å². The molecule has 8 heteroatoms. The Morgan fingerprint density at radius 3 is 2.68 bits per heavy atom. The van der Waals surface area contributed by atoms with Crippen LogP contribution in [0, 0.1) is 0 Å². The van der Waals surface area contributed by atoms with Crippen molar-refractivity contribution in [2.24, 2.45) is 7.05 Å². The topological polar surface area (TPSA) is 73.0 Å². The van der Waals surface area contributed by atoms with E-state index in [0.717, 1.165) is 41.9 Å². The second kappa shape index (κ2) is 6.28. The lowest BCUT2D eigenvalue weighted by Gasteiger charge is -2.16. The highest BCUT2D eigenvalue weighted by Crippen LogP contribution is 2.46. The first-order valence-corrected chi connectivity index (χ1v) is 11.1. The molecule has 0 N–H and O–H groups in total. The highest BCUT2D eigenvalue weighted by Gasteiger charge is 2.50. The van der Waals surface area contributed by atoms with E-state index in [4.69, 9.17) is 0 Å². The Hall–Kier alpha value is -2.45. The van der Waals surface area contributed by atoms with E-state index in [9.17, 15) is 8.42 Å². The fourth-order valence-corrected chi connectivity index (χ4v) is 6.72. The van der Waals surface area contributed by atoms with Gasteiger partial charge in [0.25, 0.3) is 0 Å². The molecule has 0 spiro atoms. The molecular formula is C20H23N5O2S. The largest absolute Gasteiger partial charge is 0.297 e. The molecule has 3 aromatic rings. The van der Waals surface area contributed by atoms with Crippen molar-refractivity contribution in [1.82, 2.24) is 24.5 Å². The van der Waals surface area contributed by atoms with Gasteiger partial charge in [0.05, 0.1) is 22.5 Å². The van der Waals surface area contributed by atoms with Gasteiger partial charge in [0, 0.05) is 62.7 Å². The molecule has 1 saturated heterocycles. The number of hydrogen-bond donors (Lipinski definition) is 0. The summed E-state index contributed by atoms with van der Waals surface area (Å²) in [6, 6.07) is 5.72. The molecule has 146 valence electrons. The summed E-state index contributed by atoms with van der Waals surface area (Å²) >= 11 is 0. The van der Waals surface area contributed by atoms with E-state index in [0.29, 0.717) is 11.4 Å². The molecule has 2 aromatic heterocycles. The van der Waals surface area contributed by atoms with Crippen molar-refractivity contribution < 1.29 is 8.42 Å². The molecule has 0 unspecified atom stereocenters. The van der Waals surface area contributed by atoms with Gasteiger partial charge in [-0.1, -0.05) is 6.07 Å². The number of benzene rings is 1. The predicted molar refractivity (Wildman–Crippen MR) is 106 cm³/mol. The van der Waals surface area contributed by atoms with Gasteiger partial charge in [-0.15, -0.1) is 0 Å². The molecule has 5 rings (SSSR count). The number of hydrogen-bond acceptors (Lipinski definition) is 5. The van der Waals surface area contributed by atoms with Gasteiger partial charge in [-0.25, -0.2) is 8.42 Å². The van der Waals surface area contributed by atoms with E-state index in [-0.39, 0.29) is 11.2 Å². The van der Waals surface area contributed by atoms with Crippen molar-refractivity contribution in [3.63, 3.8) is 0 Å². The van der Waals surface area contributed by atoms with Crippen LogP contribution in [-0.2, 0) is 30.0 Å². The zero-order valence-electron chi connectivity index (χ0n) is 16.0. The second-order valence-electron chi connectivity index (χ2n) is 7.74. The molecule has 1 fully saturated rings. The summed E-state index contributed by atoms with van der Waals surface area (Å²) in [5.41, 5.74) is 4.11. The maximum Gasteiger partial charge on any atom is 0.183 e. The Labute approximate surface area is 164 Å². The van der Waals surface area contributed by atoms with Crippen LogP contribution in [0.25, 0.3) is 11.1 Å². The number of nitrogens with zero attached hydrogens (tertiary/aromatic N) is 5. The van der Waals surface area contributed by atoms with E-state index in [1.807, 2.05) is 48.6 Å². The number of aryl methyl sites for hydroxylation is 2. The molecule has 0 saturated carbocycles. The first kappa shape index (κ1) is 17.6. The van der Waals surface area contributed by atoms with Crippen LogP contribution in [0.1, 0.15) is 24.0 Å². The van der Waals surface area contributed by atoms with E-state index < -0.39 is 9.84 Å². The molecule has 7 nitrogen and oxygen atoms in total. The molecule has 2 aliphatic rings. The summed E-state index contributed by atoms with van der Waals surface area (Å²) < 4.78 is 29.9.